The van der Waals surface area contributed by atoms with Crippen molar-refractivity contribution < 1.29 is 9.53 Å². The van der Waals surface area contributed by atoms with Crippen LogP contribution in [0.5, 0.6) is 0 Å². The zero-order valence-corrected chi connectivity index (χ0v) is 14.6. The predicted molar refractivity (Wildman–Crippen MR) is 93.7 cm³/mol. The average Bonchev–Trinajstić information content (AvgIpc) is 2.87. The lowest BCUT2D eigenvalue weighted by molar-refractivity contribution is 0.0636. The van der Waals surface area contributed by atoms with E-state index in [9.17, 15) is 4.79 Å². The fourth-order valence-electron chi connectivity index (χ4n) is 1.96. The van der Waals surface area contributed by atoms with Crippen LogP contribution in [0.25, 0.3) is 10.4 Å². The standard InChI is InChI=1S/C18H23NO2S/c1-12(2)15-10-11-16(22-15)13-6-8-14(9-7-13)19-17(20)21-18(3,4)5/h6-12H,1-5H3,(H,19,20). The molecular weight excluding hydrogens is 294 g/mol. The number of hydrogen-bond donors (Lipinski definition) is 1. The number of anilines is 1. The summed E-state index contributed by atoms with van der Waals surface area (Å²) in [4.78, 5) is 14.4. The van der Waals surface area contributed by atoms with Gasteiger partial charge in [0.1, 0.15) is 5.60 Å². The van der Waals surface area contributed by atoms with Gasteiger partial charge in [-0.2, -0.15) is 0 Å². The molecule has 0 spiro atoms. The van der Waals surface area contributed by atoms with Gasteiger partial charge in [0, 0.05) is 15.4 Å². The smallest absolute Gasteiger partial charge is 0.412 e. The number of carbonyl (C=O) groups excluding carboxylic acids is 1. The lowest BCUT2D eigenvalue weighted by Crippen LogP contribution is -2.27. The molecule has 2 aromatic rings. The molecule has 0 atom stereocenters. The zero-order chi connectivity index (χ0) is 16.3. The summed E-state index contributed by atoms with van der Waals surface area (Å²) in [6, 6.07) is 12.2. The molecule has 0 radical (unpaired) electrons. The van der Waals surface area contributed by atoms with Gasteiger partial charge in [-0.1, -0.05) is 26.0 Å². The van der Waals surface area contributed by atoms with E-state index in [0.29, 0.717) is 5.92 Å². The van der Waals surface area contributed by atoms with Crippen molar-refractivity contribution in [2.75, 3.05) is 5.32 Å². The summed E-state index contributed by atoms with van der Waals surface area (Å²) in [6.07, 6.45) is -0.432. The van der Waals surface area contributed by atoms with E-state index in [1.165, 1.54) is 9.75 Å². The highest BCUT2D eigenvalue weighted by atomic mass is 32.1. The predicted octanol–water partition coefficient (Wildman–Crippen LogP) is 5.89. The van der Waals surface area contributed by atoms with Gasteiger partial charge in [-0.25, -0.2) is 4.79 Å². The van der Waals surface area contributed by atoms with Crippen LogP contribution in [0.1, 0.15) is 45.4 Å². The minimum Gasteiger partial charge on any atom is -0.444 e. The van der Waals surface area contributed by atoms with E-state index in [1.54, 1.807) is 0 Å². The van der Waals surface area contributed by atoms with Crippen molar-refractivity contribution in [3.8, 4) is 10.4 Å². The molecular formula is C18H23NO2S. The third kappa shape index (κ3) is 4.60. The second-order valence-corrected chi connectivity index (χ2v) is 7.68. The Morgan fingerprint density at radius 2 is 1.73 bits per heavy atom. The third-order valence-electron chi connectivity index (χ3n) is 3.01. The first kappa shape index (κ1) is 16.6. The molecule has 3 nitrogen and oxygen atoms in total. The maximum atomic E-state index is 11.7. The first-order valence-electron chi connectivity index (χ1n) is 7.45. The SMILES string of the molecule is CC(C)c1ccc(-c2ccc(NC(=O)OC(C)(C)C)cc2)s1. The number of nitrogens with one attached hydrogen (secondary N) is 1. The van der Waals surface area contributed by atoms with E-state index in [1.807, 2.05) is 56.4 Å². The molecule has 2 rings (SSSR count). The summed E-state index contributed by atoms with van der Waals surface area (Å²) >= 11 is 1.81. The van der Waals surface area contributed by atoms with Gasteiger partial charge in [0.15, 0.2) is 0 Å². The minimum atomic E-state index is -0.492. The maximum absolute atomic E-state index is 11.7. The Labute approximate surface area is 136 Å². The molecule has 1 N–H and O–H groups in total. The number of thiophene rings is 1. The Morgan fingerprint density at radius 3 is 2.23 bits per heavy atom. The van der Waals surface area contributed by atoms with Crippen LogP contribution in [0.3, 0.4) is 0 Å². The van der Waals surface area contributed by atoms with Crippen molar-refractivity contribution >= 4 is 23.1 Å². The Morgan fingerprint density at radius 1 is 1.09 bits per heavy atom. The normalized spacial score (nSPS) is 11.5. The number of amides is 1. The quantitative estimate of drug-likeness (QED) is 0.767. The second kappa shape index (κ2) is 6.53. The summed E-state index contributed by atoms with van der Waals surface area (Å²) in [7, 11) is 0. The summed E-state index contributed by atoms with van der Waals surface area (Å²) in [5, 5.41) is 2.74. The summed E-state index contributed by atoms with van der Waals surface area (Å²) in [6.45, 7) is 9.93. The highest BCUT2D eigenvalue weighted by Gasteiger charge is 2.16. The lowest BCUT2D eigenvalue weighted by Gasteiger charge is -2.19. The van der Waals surface area contributed by atoms with E-state index in [0.717, 1.165) is 11.3 Å². The highest BCUT2D eigenvalue weighted by molar-refractivity contribution is 7.15. The van der Waals surface area contributed by atoms with Crippen LogP contribution in [0.2, 0.25) is 0 Å². The Bertz CT molecular complexity index is 636. The van der Waals surface area contributed by atoms with Crippen LogP contribution in [-0.2, 0) is 4.74 Å². The topological polar surface area (TPSA) is 38.3 Å². The van der Waals surface area contributed by atoms with Gasteiger partial charge in [-0.05, 0) is 56.5 Å². The largest absolute Gasteiger partial charge is 0.444 e. The van der Waals surface area contributed by atoms with Crippen molar-refractivity contribution in [1.82, 2.24) is 0 Å². The first-order chi connectivity index (χ1) is 10.2. The summed E-state index contributed by atoms with van der Waals surface area (Å²) < 4.78 is 5.24. The van der Waals surface area contributed by atoms with Gasteiger partial charge < -0.3 is 4.74 Å². The molecule has 1 aromatic heterocycles. The molecule has 0 saturated carbocycles. The van der Waals surface area contributed by atoms with E-state index >= 15 is 0 Å². The average molecular weight is 317 g/mol. The number of rotatable bonds is 3. The monoisotopic (exact) mass is 317 g/mol. The van der Waals surface area contributed by atoms with E-state index < -0.39 is 11.7 Å². The molecule has 0 saturated heterocycles. The Hall–Kier alpha value is -1.81. The Kier molecular flexibility index (Phi) is 4.91. The van der Waals surface area contributed by atoms with E-state index in [4.69, 9.17) is 4.74 Å². The van der Waals surface area contributed by atoms with Gasteiger partial charge in [0.2, 0.25) is 0 Å². The molecule has 1 heterocycles. The van der Waals surface area contributed by atoms with Crippen LogP contribution in [0, 0.1) is 0 Å². The van der Waals surface area contributed by atoms with E-state index in [2.05, 4.69) is 31.3 Å². The van der Waals surface area contributed by atoms with Crippen molar-refractivity contribution in [1.29, 1.82) is 0 Å². The molecule has 4 heteroatoms. The van der Waals surface area contributed by atoms with Crippen molar-refractivity contribution in [3.05, 3.63) is 41.3 Å². The van der Waals surface area contributed by atoms with Crippen LogP contribution in [-0.4, -0.2) is 11.7 Å². The molecule has 0 unspecified atom stereocenters. The minimum absolute atomic E-state index is 0.432. The maximum Gasteiger partial charge on any atom is 0.412 e. The molecule has 0 aliphatic rings. The van der Waals surface area contributed by atoms with Gasteiger partial charge >= 0.3 is 6.09 Å². The molecule has 0 aliphatic carbocycles. The molecule has 1 amide bonds. The van der Waals surface area contributed by atoms with Gasteiger partial charge in [0.05, 0.1) is 0 Å². The number of ether oxygens (including phenoxy) is 1. The van der Waals surface area contributed by atoms with Crippen LogP contribution in [0.4, 0.5) is 10.5 Å². The van der Waals surface area contributed by atoms with Crippen LogP contribution >= 0.6 is 11.3 Å². The second-order valence-electron chi connectivity index (χ2n) is 6.56. The van der Waals surface area contributed by atoms with Gasteiger partial charge in [0.25, 0.3) is 0 Å². The number of hydrogen-bond acceptors (Lipinski definition) is 3. The summed E-state index contributed by atoms with van der Waals surface area (Å²) in [5.41, 5.74) is 1.40. The molecule has 1 aromatic carbocycles. The molecule has 0 aliphatic heterocycles. The first-order valence-corrected chi connectivity index (χ1v) is 8.26. The fourth-order valence-corrected chi connectivity index (χ4v) is 2.97. The fraction of sp³-hybridized carbons (Fsp3) is 0.389. The molecule has 118 valence electrons. The van der Waals surface area contributed by atoms with Crippen LogP contribution in [0.15, 0.2) is 36.4 Å². The highest BCUT2D eigenvalue weighted by Crippen LogP contribution is 2.32. The summed E-state index contributed by atoms with van der Waals surface area (Å²) in [5.74, 6) is 0.548. The number of benzene rings is 1. The van der Waals surface area contributed by atoms with Crippen LogP contribution < -0.4 is 5.32 Å². The molecule has 22 heavy (non-hydrogen) atoms. The van der Waals surface area contributed by atoms with E-state index in [-0.39, 0.29) is 0 Å². The van der Waals surface area contributed by atoms with Crippen molar-refractivity contribution in [2.24, 2.45) is 0 Å². The lowest BCUT2D eigenvalue weighted by atomic mass is 10.1. The molecule has 0 bridgehead atoms. The third-order valence-corrected chi connectivity index (χ3v) is 4.45. The molecule has 0 fully saturated rings. The Balaban J connectivity index is 2.05. The van der Waals surface area contributed by atoms with Gasteiger partial charge in [-0.15, -0.1) is 11.3 Å². The van der Waals surface area contributed by atoms with Crippen molar-refractivity contribution in [2.45, 2.75) is 46.1 Å². The number of carbonyl (C=O) groups is 1. The van der Waals surface area contributed by atoms with Crippen molar-refractivity contribution in [3.63, 3.8) is 0 Å². The van der Waals surface area contributed by atoms with Gasteiger partial charge in [-0.3, -0.25) is 5.32 Å². The zero-order valence-electron chi connectivity index (χ0n) is 13.8.